The molecule has 1 saturated heterocycles. The molecule has 2 atom stereocenters. The highest BCUT2D eigenvalue weighted by Gasteiger charge is 2.44. The lowest BCUT2D eigenvalue weighted by molar-refractivity contribution is -0.138. The molecule has 0 aromatic carbocycles. The smallest absolute Gasteiger partial charge is 0.335 e. The van der Waals surface area contributed by atoms with Gasteiger partial charge in [0.1, 0.15) is 0 Å². The quantitative estimate of drug-likeness (QED) is 0.276. The van der Waals surface area contributed by atoms with Crippen molar-refractivity contribution in [1.82, 2.24) is 0 Å². The van der Waals surface area contributed by atoms with Gasteiger partial charge in [-0.2, -0.15) is 0 Å². The van der Waals surface area contributed by atoms with Gasteiger partial charge >= 0.3 is 5.97 Å². The van der Waals surface area contributed by atoms with Crippen LogP contribution < -0.4 is 0 Å². The Morgan fingerprint density at radius 1 is 0.952 bits per heavy atom. The van der Waals surface area contributed by atoms with Crippen molar-refractivity contribution < 1.29 is 14.6 Å². The number of aliphatic carboxylic acids is 1. The molecule has 1 heterocycles. The first kappa shape index (κ1) is 18.2. The average molecular weight is 296 g/mol. The molecule has 0 saturated carbocycles. The van der Waals surface area contributed by atoms with Crippen molar-refractivity contribution in [2.75, 3.05) is 0 Å². The molecule has 0 aromatic heterocycles. The minimum atomic E-state index is -0.808. The second-order valence-corrected chi connectivity index (χ2v) is 6.10. The fourth-order valence-electron chi connectivity index (χ4n) is 2.64. The van der Waals surface area contributed by atoms with Gasteiger partial charge in [0, 0.05) is 0 Å². The Bertz CT molecular complexity index is 299. The Labute approximate surface area is 129 Å². The van der Waals surface area contributed by atoms with Gasteiger partial charge in [-0.25, -0.2) is 4.79 Å². The van der Waals surface area contributed by atoms with Crippen LogP contribution in [0.2, 0.25) is 0 Å². The zero-order valence-electron chi connectivity index (χ0n) is 13.6. The molecule has 1 aliphatic heterocycles. The highest BCUT2D eigenvalue weighted by molar-refractivity contribution is 5.75. The molecular weight excluding hydrogens is 264 g/mol. The van der Waals surface area contributed by atoms with E-state index in [0.29, 0.717) is 0 Å². The molecule has 21 heavy (non-hydrogen) atoms. The zero-order valence-corrected chi connectivity index (χ0v) is 13.6. The number of carboxylic acids is 1. The first-order chi connectivity index (χ1) is 10.3. The number of carbonyl (C=O) groups is 1. The SMILES string of the molecule is CCCCCCCCC=CCCCCC[C@H]1O[C@H]1C(=O)O. The number of epoxide rings is 1. The van der Waals surface area contributed by atoms with Crippen LogP contribution in [0.25, 0.3) is 0 Å². The van der Waals surface area contributed by atoms with E-state index in [1.165, 1.54) is 57.8 Å². The van der Waals surface area contributed by atoms with Crippen molar-refractivity contribution in [3.05, 3.63) is 12.2 Å². The monoisotopic (exact) mass is 296 g/mol. The van der Waals surface area contributed by atoms with E-state index in [4.69, 9.17) is 9.84 Å². The summed E-state index contributed by atoms with van der Waals surface area (Å²) in [5.41, 5.74) is 0. The predicted octanol–water partition coefficient (Wildman–Crippen LogP) is 5.10. The van der Waals surface area contributed by atoms with Crippen LogP contribution in [-0.2, 0) is 9.53 Å². The highest BCUT2D eigenvalue weighted by atomic mass is 16.6. The summed E-state index contributed by atoms with van der Waals surface area (Å²) in [5, 5.41) is 8.69. The maximum absolute atomic E-state index is 10.6. The number of ether oxygens (including phenoxy) is 1. The third-order valence-electron chi connectivity index (χ3n) is 4.08. The van der Waals surface area contributed by atoms with Gasteiger partial charge in [0.2, 0.25) is 0 Å². The second kappa shape index (κ2) is 11.8. The summed E-state index contributed by atoms with van der Waals surface area (Å²) < 4.78 is 5.07. The van der Waals surface area contributed by atoms with Gasteiger partial charge in [0.05, 0.1) is 6.10 Å². The molecule has 0 unspecified atom stereocenters. The number of hydrogen-bond donors (Lipinski definition) is 1. The van der Waals surface area contributed by atoms with Gasteiger partial charge < -0.3 is 9.84 Å². The highest BCUT2D eigenvalue weighted by Crippen LogP contribution is 2.27. The molecule has 122 valence electrons. The maximum Gasteiger partial charge on any atom is 0.335 e. The Morgan fingerprint density at radius 2 is 1.52 bits per heavy atom. The summed E-state index contributed by atoms with van der Waals surface area (Å²) in [7, 11) is 0. The summed E-state index contributed by atoms with van der Waals surface area (Å²) in [5.74, 6) is -0.808. The third-order valence-corrected chi connectivity index (χ3v) is 4.08. The van der Waals surface area contributed by atoms with Crippen molar-refractivity contribution in [3.8, 4) is 0 Å². The van der Waals surface area contributed by atoms with Gasteiger partial charge in [-0.1, -0.05) is 64.0 Å². The standard InChI is InChI=1S/C18H32O3/c1-2-3-4-5-6-7-8-9-10-11-12-13-14-15-16-17(21-16)18(19)20/h9-10,16-17H,2-8,11-15H2,1H3,(H,19,20)/t16-,17-/m1/s1. The molecule has 1 rings (SSSR count). The van der Waals surface area contributed by atoms with Crippen molar-refractivity contribution >= 4 is 5.97 Å². The van der Waals surface area contributed by atoms with E-state index >= 15 is 0 Å². The molecule has 1 N–H and O–H groups in total. The fourth-order valence-corrected chi connectivity index (χ4v) is 2.64. The van der Waals surface area contributed by atoms with E-state index in [2.05, 4.69) is 19.1 Å². The molecule has 0 radical (unpaired) electrons. The molecule has 0 aromatic rings. The summed E-state index contributed by atoms with van der Waals surface area (Å²) in [6.45, 7) is 2.25. The van der Waals surface area contributed by atoms with E-state index < -0.39 is 12.1 Å². The van der Waals surface area contributed by atoms with E-state index in [1.54, 1.807) is 0 Å². The van der Waals surface area contributed by atoms with Gasteiger partial charge in [0.15, 0.2) is 6.10 Å². The Morgan fingerprint density at radius 3 is 2.10 bits per heavy atom. The van der Waals surface area contributed by atoms with Gasteiger partial charge in [-0.3, -0.25) is 0 Å². The molecule has 3 heteroatoms. The Hall–Kier alpha value is -0.830. The van der Waals surface area contributed by atoms with E-state index in [1.807, 2.05) is 0 Å². The molecule has 0 amide bonds. The number of carboxylic acid groups (broad SMARTS) is 1. The number of hydrogen-bond acceptors (Lipinski definition) is 2. The minimum Gasteiger partial charge on any atom is -0.479 e. The van der Waals surface area contributed by atoms with Crippen molar-refractivity contribution in [1.29, 1.82) is 0 Å². The molecule has 1 fully saturated rings. The zero-order chi connectivity index (χ0) is 15.3. The van der Waals surface area contributed by atoms with Crippen LogP contribution in [-0.4, -0.2) is 23.3 Å². The van der Waals surface area contributed by atoms with Crippen LogP contribution in [0.3, 0.4) is 0 Å². The first-order valence-corrected chi connectivity index (χ1v) is 8.79. The number of rotatable bonds is 14. The first-order valence-electron chi connectivity index (χ1n) is 8.79. The topological polar surface area (TPSA) is 49.8 Å². The summed E-state index contributed by atoms with van der Waals surface area (Å²) in [6, 6.07) is 0. The molecule has 3 nitrogen and oxygen atoms in total. The van der Waals surface area contributed by atoms with Crippen LogP contribution in [0, 0.1) is 0 Å². The molecule has 1 aliphatic rings. The van der Waals surface area contributed by atoms with Crippen LogP contribution in [0.5, 0.6) is 0 Å². The van der Waals surface area contributed by atoms with Gasteiger partial charge in [-0.15, -0.1) is 0 Å². The van der Waals surface area contributed by atoms with Crippen LogP contribution in [0.1, 0.15) is 84.0 Å². The third kappa shape index (κ3) is 9.67. The van der Waals surface area contributed by atoms with E-state index in [9.17, 15) is 4.79 Å². The Balaban J connectivity index is 1.76. The molecule has 0 bridgehead atoms. The molecule has 0 aliphatic carbocycles. The summed E-state index contributed by atoms with van der Waals surface area (Å²) in [6.07, 6.45) is 19.0. The van der Waals surface area contributed by atoms with Crippen molar-refractivity contribution in [2.45, 2.75) is 96.2 Å². The van der Waals surface area contributed by atoms with E-state index in [0.717, 1.165) is 19.3 Å². The van der Waals surface area contributed by atoms with Crippen LogP contribution >= 0.6 is 0 Å². The Kier molecular flexibility index (Phi) is 10.2. The average Bonchev–Trinajstić information content (AvgIpc) is 3.24. The lowest BCUT2D eigenvalue weighted by atomic mass is 10.1. The second-order valence-electron chi connectivity index (χ2n) is 6.10. The van der Waals surface area contributed by atoms with Crippen LogP contribution in [0.15, 0.2) is 12.2 Å². The van der Waals surface area contributed by atoms with Gasteiger partial charge in [0.25, 0.3) is 0 Å². The van der Waals surface area contributed by atoms with Crippen molar-refractivity contribution in [2.24, 2.45) is 0 Å². The summed E-state index contributed by atoms with van der Waals surface area (Å²) in [4.78, 5) is 10.6. The largest absolute Gasteiger partial charge is 0.479 e. The lowest BCUT2D eigenvalue weighted by Gasteiger charge is -1.98. The van der Waals surface area contributed by atoms with Gasteiger partial charge in [-0.05, 0) is 32.1 Å². The fraction of sp³-hybridized carbons (Fsp3) is 0.833. The maximum atomic E-state index is 10.6. The van der Waals surface area contributed by atoms with E-state index in [-0.39, 0.29) is 6.10 Å². The lowest BCUT2D eigenvalue weighted by Crippen LogP contribution is -2.07. The minimum absolute atomic E-state index is 0.00856. The van der Waals surface area contributed by atoms with Crippen LogP contribution in [0.4, 0.5) is 0 Å². The molecule has 0 spiro atoms. The summed E-state index contributed by atoms with van der Waals surface area (Å²) >= 11 is 0. The normalized spacial score (nSPS) is 21.0. The molecular formula is C18H32O3. The predicted molar refractivity (Wildman–Crippen MR) is 86.5 cm³/mol. The number of allylic oxidation sites excluding steroid dienone is 2. The number of unbranched alkanes of at least 4 members (excludes halogenated alkanes) is 9. The van der Waals surface area contributed by atoms with Crippen molar-refractivity contribution in [3.63, 3.8) is 0 Å².